The number of hydrogen-bond acceptors (Lipinski definition) is 6. The Morgan fingerprint density at radius 3 is 2.71 bits per heavy atom. The summed E-state index contributed by atoms with van der Waals surface area (Å²) in [7, 11) is 0. The number of carbonyl (C=O) groups excluding carboxylic acids is 1. The van der Waals surface area contributed by atoms with E-state index < -0.39 is 0 Å². The molecule has 7 heteroatoms. The largest absolute Gasteiger partial charge is 0.345 e. The zero-order valence-corrected chi connectivity index (χ0v) is 11.7. The molecule has 0 aliphatic heterocycles. The van der Waals surface area contributed by atoms with Gasteiger partial charge in [-0.05, 0) is 12.8 Å². The molecule has 1 N–H and O–H groups in total. The molecule has 110 valence electrons. The first-order valence-electron chi connectivity index (χ1n) is 7.24. The van der Waals surface area contributed by atoms with Crippen LogP contribution in [0.15, 0.2) is 23.1 Å². The Morgan fingerprint density at radius 1 is 1.19 bits per heavy atom. The van der Waals surface area contributed by atoms with Crippen molar-refractivity contribution < 1.29 is 9.32 Å². The minimum atomic E-state index is -0.315. The molecule has 0 bridgehead atoms. The number of hydrogen-bond donors (Lipinski definition) is 1. The first-order chi connectivity index (χ1) is 10.3. The van der Waals surface area contributed by atoms with Gasteiger partial charge >= 0.3 is 11.8 Å². The van der Waals surface area contributed by atoms with Crippen LogP contribution in [0.5, 0.6) is 0 Å². The summed E-state index contributed by atoms with van der Waals surface area (Å²) in [6.07, 6.45) is 11.4. The Labute approximate surface area is 122 Å². The number of aromatic nitrogens is 4. The van der Waals surface area contributed by atoms with Crippen molar-refractivity contribution in [3.05, 3.63) is 24.5 Å². The van der Waals surface area contributed by atoms with Gasteiger partial charge in [0.15, 0.2) is 0 Å². The highest BCUT2D eigenvalue weighted by Gasteiger charge is 2.21. The van der Waals surface area contributed by atoms with E-state index in [1.807, 2.05) is 0 Å². The lowest BCUT2D eigenvalue weighted by molar-refractivity contribution is 0.0889. The van der Waals surface area contributed by atoms with Crippen molar-refractivity contribution in [3.8, 4) is 11.5 Å². The van der Waals surface area contributed by atoms with E-state index in [4.69, 9.17) is 4.52 Å². The molecular formula is C14H17N5O2. The predicted molar refractivity (Wildman–Crippen MR) is 74.3 cm³/mol. The summed E-state index contributed by atoms with van der Waals surface area (Å²) < 4.78 is 5.01. The molecule has 0 radical (unpaired) electrons. The minimum Gasteiger partial charge on any atom is -0.345 e. The van der Waals surface area contributed by atoms with Gasteiger partial charge < -0.3 is 9.84 Å². The molecule has 0 saturated heterocycles. The normalized spacial score (nSPS) is 16.4. The van der Waals surface area contributed by atoms with Crippen molar-refractivity contribution >= 4 is 5.91 Å². The number of nitrogens with zero attached hydrogens (tertiary/aromatic N) is 4. The fourth-order valence-corrected chi connectivity index (χ4v) is 2.51. The Bertz CT molecular complexity index is 590. The molecule has 0 atom stereocenters. The maximum Gasteiger partial charge on any atom is 0.316 e. The van der Waals surface area contributed by atoms with Gasteiger partial charge in [0.25, 0.3) is 0 Å². The molecule has 0 spiro atoms. The van der Waals surface area contributed by atoms with Gasteiger partial charge in [0.2, 0.25) is 5.82 Å². The van der Waals surface area contributed by atoms with Gasteiger partial charge in [0.1, 0.15) is 5.69 Å². The van der Waals surface area contributed by atoms with Crippen LogP contribution in [0.1, 0.15) is 49.2 Å². The van der Waals surface area contributed by atoms with Crippen LogP contribution in [0.25, 0.3) is 11.5 Å². The highest BCUT2D eigenvalue weighted by Crippen LogP contribution is 2.18. The minimum absolute atomic E-state index is 0.0279. The molecule has 1 aliphatic carbocycles. The second-order valence-electron chi connectivity index (χ2n) is 5.18. The van der Waals surface area contributed by atoms with E-state index in [2.05, 4.69) is 25.4 Å². The Morgan fingerprint density at radius 2 is 2.00 bits per heavy atom. The smallest absolute Gasteiger partial charge is 0.316 e. The van der Waals surface area contributed by atoms with Crippen LogP contribution in [0.4, 0.5) is 0 Å². The molecule has 3 rings (SSSR count). The van der Waals surface area contributed by atoms with Crippen LogP contribution in [0, 0.1) is 0 Å². The van der Waals surface area contributed by atoms with E-state index in [-0.39, 0.29) is 23.7 Å². The van der Waals surface area contributed by atoms with Crippen molar-refractivity contribution in [3.63, 3.8) is 0 Å². The molecule has 0 unspecified atom stereocenters. The molecule has 2 aromatic rings. The van der Waals surface area contributed by atoms with E-state index in [0.29, 0.717) is 5.69 Å². The summed E-state index contributed by atoms with van der Waals surface area (Å²) in [5.41, 5.74) is 0.481. The number of nitrogens with one attached hydrogen (secondary N) is 1. The molecule has 1 aliphatic rings. The second-order valence-corrected chi connectivity index (χ2v) is 5.18. The summed E-state index contributed by atoms with van der Waals surface area (Å²) in [6, 6.07) is 0.201. The molecule has 2 aromatic heterocycles. The van der Waals surface area contributed by atoms with Gasteiger partial charge in [0, 0.05) is 18.4 Å². The van der Waals surface area contributed by atoms with Crippen LogP contribution in [0.3, 0.4) is 0 Å². The van der Waals surface area contributed by atoms with Gasteiger partial charge in [0.05, 0.1) is 6.20 Å². The average molecular weight is 287 g/mol. The van der Waals surface area contributed by atoms with Crippen LogP contribution >= 0.6 is 0 Å². The van der Waals surface area contributed by atoms with E-state index in [1.165, 1.54) is 25.2 Å². The van der Waals surface area contributed by atoms with E-state index in [0.717, 1.165) is 25.7 Å². The molecule has 21 heavy (non-hydrogen) atoms. The topological polar surface area (TPSA) is 93.8 Å². The number of rotatable bonds is 3. The van der Waals surface area contributed by atoms with Crippen LogP contribution in [0.2, 0.25) is 0 Å². The third-order valence-electron chi connectivity index (χ3n) is 3.60. The zero-order valence-electron chi connectivity index (χ0n) is 11.7. The van der Waals surface area contributed by atoms with Gasteiger partial charge in [-0.15, -0.1) is 0 Å². The van der Waals surface area contributed by atoms with E-state index in [9.17, 15) is 4.79 Å². The first-order valence-corrected chi connectivity index (χ1v) is 7.24. The summed E-state index contributed by atoms with van der Waals surface area (Å²) in [5, 5.41) is 6.74. The van der Waals surface area contributed by atoms with Crippen molar-refractivity contribution in [2.45, 2.75) is 44.6 Å². The summed E-state index contributed by atoms with van der Waals surface area (Å²) in [5.74, 6) is -0.0708. The number of amides is 1. The lowest BCUT2D eigenvalue weighted by Crippen LogP contribution is -2.34. The Balaban J connectivity index is 1.66. The van der Waals surface area contributed by atoms with E-state index >= 15 is 0 Å². The molecule has 1 amide bonds. The Kier molecular flexibility index (Phi) is 4.18. The fourth-order valence-electron chi connectivity index (χ4n) is 2.51. The standard InChI is InChI=1S/C14H17N5O2/c20-13(17-10-5-3-1-2-4-6-10)14-18-12(19-21-14)11-9-15-7-8-16-11/h7-10H,1-6H2,(H,17,20). The fraction of sp³-hybridized carbons (Fsp3) is 0.500. The predicted octanol–water partition coefficient (Wildman–Crippen LogP) is 1.98. The third-order valence-corrected chi connectivity index (χ3v) is 3.60. The maximum absolute atomic E-state index is 12.1. The lowest BCUT2D eigenvalue weighted by atomic mass is 10.1. The maximum atomic E-state index is 12.1. The third kappa shape index (κ3) is 3.42. The lowest BCUT2D eigenvalue weighted by Gasteiger charge is -2.14. The Hall–Kier alpha value is -2.31. The molecule has 7 nitrogen and oxygen atoms in total. The SMILES string of the molecule is O=C(NC1CCCCCC1)c1nc(-c2cnccn2)no1. The monoisotopic (exact) mass is 287 g/mol. The highest BCUT2D eigenvalue weighted by molar-refractivity contribution is 5.90. The molecule has 2 heterocycles. The van der Waals surface area contributed by atoms with Gasteiger partial charge in [-0.25, -0.2) is 4.98 Å². The van der Waals surface area contributed by atoms with Crippen molar-refractivity contribution in [1.82, 2.24) is 25.4 Å². The second kappa shape index (κ2) is 6.43. The quantitative estimate of drug-likeness (QED) is 0.867. The zero-order chi connectivity index (χ0) is 14.5. The summed E-state index contributed by atoms with van der Waals surface area (Å²) in [6.45, 7) is 0. The van der Waals surface area contributed by atoms with Gasteiger partial charge in [-0.3, -0.25) is 9.78 Å². The summed E-state index contributed by atoms with van der Waals surface area (Å²) in [4.78, 5) is 24.2. The number of carbonyl (C=O) groups is 1. The molecule has 1 fully saturated rings. The van der Waals surface area contributed by atoms with Crippen LogP contribution in [-0.4, -0.2) is 32.1 Å². The van der Waals surface area contributed by atoms with Crippen molar-refractivity contribution in [2.75, 3.05) is 0 Å². The van der Waals surface area contributed by atoms with Crippen molar-refractivity contribution in [2.24, 2.45) is 0 Å². The van der Waals surface area contributed by atoms with Crippen molar-refractivity contribution in [1.29, 1.82) is 0 Å². The van der Waals surface area contributed by atoms with Gasteiger partial charge in [-0.2, -0.15) is 4.98 Å². The molecule has 0 aromatic carbocycles. The van der Waals surface area contributed by atoms with Gasteiger partial charge in [-0.1, -0.05) is 30.8 Å². The molecule has 1 saturated carbocycles. The highest BCUT2D eigenvalue weighted by atomic mass is 16.5. The first kappa shape index (κ1) is 13.7. The molecular weight excluding hydrogens is 270 g/mol. The van der Waals surface area contributed by atoms with Crippen LogP contribution in [-0.2, 0) is 0 Å². The summed E-state index contributed by atoms with van der Waals surface area (Å²) >= 11 is 0. The van der Waals surface area contributed by atoms with Crippen LogP contribution < -0.4 is 5.32 Å². The average Bonchev–Trinajstić information content (AvgIpc) is 2.88. The van der Waals surface area contributed by atoms with E-state index in [1.54, 1.807) is 6.20 Å².